The molecular weight excluding hydrogens is 224 g/mol. The van der Waals surface area contributed by atoms with Crippen molar-refractivity contribution in [3.63, 3.8) is 0 Å². The zero-order valence-corrected chi connectivity index (χ0v) is 9.93. The van der Waals surface area contributed by atoms with E-state index in [0.717, 1.165) is 5.69 Å². The lowest BCUT2D eigenvalue weighted by molar-refractivity contribution is 0.515. The van der Waals surface area contributed by atoms with Crippen molar-refractivity contribution in [3.05, 3.63) is 17.5 Å². The number of halogens is 1. The fourth-order valence-corrected chi connectivity index (χ4v) is 2.15. The summed E-state index contributed by atoms with van der Waals surface area (Å²) in [6, 6.07) is 1.96. The van der Waals surface area contributed by atoms with Crippen molar-refractivity contribution in [1.82, 2.24) is 9.78 Å². The van der Waals surface area contributed by atoms with Gasteiger partial charge in [0.2, 0.25) is 9.05 Å². The summed E-state index contributed by atoms with van der Waals surface area (Å²) in [5, 5.41) is 4.15. The second-order valence-electron chi connectivity index (χ2n) is 3.50. The lowest BCUT2D eigenvalue weighted by Gasteiger charge is -2.06. The van der Waals surface area contributed by atoms with E-state index >= 15 is 0 Å². The van der Waals surface area contributed by atoms with Crippen LogP contribution in [0.25, 0.3) is 0 Å². The summed E-state index contributed by atoms with van der Waals surface area (Å²) in [6.45, 7) is 5.86. The van der Waals surface area contributed by atoms with E-state index in [1.165, 1.54) is 0 Å². The Bertz CT molecular complexity index is 423. The van der Waals surface area contributed by atoms with Crippen LogP contribution in [0.4, 0.5) is 0 Å². The van der Waals surface area contributed by atoms with Crippen molar-refractivity contribution in [2.75, 3.05) is 0 Å². The van der Waals surface area contributed by atoms with Crippen molar-refractivity contribution >= 4 is 19.7 Å². The molecule has 1 heterocycles. The van der Waals surface area contributed by atoms with Crippen LogP contribution in [0.1, 0.15) is 31.3 Å². The third-order valence-corrected chi connectivity index (χ3v) is 2.75. The molecule has 6 heteroatoms. The maximum atomic E-state index is 10.8. The van der Waals surface area contributed by atoms with E-state index in [4.69, 9.17) is 10.7 Å². The van der Waals surface area contributed by atoms with E-state index in [2.05, 4.69) is 5.10 Å². The highest BCUT2D eigenvalue weighted by Crippen LogP contribution is 2.13. The Hall–Kier alpha value is -0.550. The Balaban J connectivity index is 2.98. The lowest BCUT2D eigenvalue weighted by atomic mass is 10.3. The van der Waals surface area contributed by atoms with Gasteiger partial charge in [-0.15, -0.1) is 0 Å². The molecule has 0 aromatic carbocycles. The maximum absolute atomic E-state index is 10.8. The summed E-state index contributed by atoms with van der Waals surface area (Å²) in [4.78, 5) is 0. The van der Waals surface area contributed by atoms with E-state index in [1.807, 2.05) is 20.8 Å². The van der Waals surface area contributed by atoms with Crippen LogP contribution < -0.4 is 0 Å². The van der Waals surface area contributed by atoms with Crippen LogP contribution in [0.15, 0.2) is 6.07 Å². The second kappa shape index (κ2) is 3.90. The van der Waals surface area contributed by atoms with Crippen molar-refractivity contribution in [1.29, 1.82) is 0 Å². The van der Waals surface area contributed by atoms with Gasteiger partial charge in [-0.25, -0.2) is 8.42 Å². The molecule has 0 amide bonds. The van der Waals surface area contributed by atoms with Gasteiger partial charge in [0, 0.05) is 22.4 Å². The largest absolute Gasteiger partial charge is 0.267 e. The number of aromatic nitrogens is 2. The molecule has 80 valence electrons. The van der Waals surface area contributed by atoms with Gasteiger partial charge in [0.25, 0.3) is 0 Å². The summed E-state index contributed by atoms with van der Waals surface area (Å²) in [5.74, 6) is -0.213. The molecule has 0 N–H and O–H groups in total. The van der Waals surface area contributed by atoms with E-state index in [1.54, 1.807) is 10.7 Å². The van der Waals surface area contributed by atoms with Crippen LogP contribution in [0, 0.1) is 6.92 Å². The van der Waals surface area contributed by atoms with Gasteiger partial charge >= 0.3 is 0 Å². The minimum atomic E-state index is -3.51. The molecule has 0 saturated carbocycles. The Morgan fingerprint density at radius 3 is 2.50 bits per heavy atom. The van der Waals surface area contributed by atoms with Crippen LogP contribution in [0.5, 0.6) is 0 Å². The van der Waals surface area contributed by atoms with Crippen LogP contribution in [0.2, 0.25) is 0 Å². The van der Waals surface area contributed by atoms with Crippen molar-refractivity contribution < 1.29 is 8.42 Å². The summed E-state index contributed by atoms with van der Waals surface area (Å²) in [5.41, 5.74) is 1.43. The van der Waals surface area contributed by atoms with E-state index < -0.39 is 9.05 Å². The fourth-order valence-electron chi connectivity index (χ4n) is 1.32. The van der Waals surface area contributed by atoms with Gasteiger partial charge in [0.1, 0.15) is 5.75 Å². The first-order valence-electron chi connectivity index (χ1n) is 4.27. The van der Waals surface area contributed by atoms with Crippen molar-refractivity contribution in [2.45, 2.75) is 32.6 Å². The van der Waals surface area contributed by atoms with Gasteiger partial charge in [0.05, 0.1) is 5.69 Å². The first-order chi connectivity index (χ1) is 6.29. The molecule has 0 atom stereocenters. The summed E-state index contributed by atoms with van der Waals surface area (Å²) in [7, 11) is 1.62. The minimum absolute atomic E-state index is 0.213. The molecule has 4 nitrogen and oxygen atoms in total. The normalized spacial score (nSPS) is 12.4. The van der Waals surface area contributed by atoms with Gasteiger partial charge < -0.3 is 0 Å². The molecule has 0 aliphatic carbocycles. The van der Waals surface area contributed by atoms with E-state index in [9.17, 15) is 8.42 Å². The van der Waals surface area contributed by atoms with Crippen LogP contribution >= 0.6 is 10.7 Å². The predicted octanol–water partition coefficient (Wildman–Crippen LogP) is 1.84. The number of nitrogens with zero attached hydrogens (tertiary/aromatic N) is 2. The third kappa shape index (κ3) is 2.99. The van der Waals surface area contributed by atoms with Crippen molar-refractivity contribution in [2.24, 2.45) is 0 Å². The Morgan fingerprint density at radius 1 is 1.57 bits per heavy atom. The summed E-state index contributed by atoms with van der Waals surface area (Å²) in [6.07, 6.45) is 0. The molecule has 0 saturated heterocycles. The predicted molar refractivity (Wildman–Crippen MR) is 55.8 cm³/mol. The standard InChI is InChI=1S/C8H13ClN2O2S/c1-6(2)11-7(3)4-8(10-11)5-14(9,12)13/h4,6H,5H2,1-3H3. The molecule has 1 rings (SSSR count). The van der Waals surface area contributed by atoms with Gasteiger partial charge in [-0.3, -0.25) is 4.68 Å². The number of rotatable bonds is 3. The first kappa shape index (κ1) is 11.5. The monoisotopic (exact) mass is 236 g/mol. The second-order valence-corrected chi connectivity index (χ2v) is 6.28. The average molecular weight is 237 g/mol. The highest BCUT2D eigenvalue weighted by Gasteiger charge is 2.12. The van der Waals surface area contributed by atoms with Gasteiger partial charge in [-0.2, -0.15) is 5.10 Å². The molecule has 0 unspecified atom stereocenters. The minimum Gasteiger partial charge on any atom is -0.267 e. The Labute approximate surface area is 88.3 Å². The molecule has 1 aromatic rings. The van der Waals surface area contributed by atoms with Gasteiger partial charge in [-0.05, 0) is 26.8 Å². The molecule has 0 aliphatic heterocycles. The molecule has 0 aliphatic rings. The number of hydrogen-bond acceptors (Lipinski definition) is 3. The first-order valence-corrected chi connectivity index (χ1v) is 6.75. The number of aryl methyl sites for hydroxylation is 1. The van der Waals surface area contributed by atoms with Crippen LogP contribution in [0.3, 0.4) is 0 Å². The van der Waals surface area contributed by atoms with Crippen LogP contribution in [-0.2, 0) is 14.8 Å². The molecule has 0 spiro atoms. The molecule has 14 heavy (non-hydrogen) atoms. The van der Waals surface area contributed by atoms with E-state index in [0.29, 0.717) is 5.69 Å². The molecule has 0 bridgehead atoms. The molecule has 0 fully saturated rings. The SMILES string of the molecule is Cc1cc(CS(=O)(=O)Cl)nn1C(C)C. The lowest BCUT2D eigenvalue weighted by Crippen LogP contribution is -2.05. The zero-order chi connectivity index (χ0) is 10.9. The quantitative estimate of drug-likeness (QED) is 0.753. The molecular formula is C8H13ClN2O2S. The fraction of sp³-hybridized carbons (Fsp3) is 0.625. The van der Waals surface area contributed by atoms with Gasteiger partial charge in [-0.1, -0.05) is 0 Å². The highest BCUT2D eigenvalue weighted by atomic mass is 35.7. The Morgan fingerprint density at radius 2 is 2.14 bits per heavy atom. The van der Waals surface area contributed by atoms with Crippen LogP contribution in [-0.4, -0.2) is 18.2 Å². The summed E-state index contributed by atoms with van der Waals surface area (Å²) >= 11 is 0. The molecule has 1 aromatic heterocycles. The summed E-state index contributed by atoms with van der Waals surface area (Å²) < 4.78 is 23.4. The zero-order valence-electron chi connectivity index (χ0n) is 8.36. The topological polar surface area (TPSA) is 52.0 Å². The highest BCUT2D eigenvalue weighted by molar-refractivity contribution is 8.13. The average Bonchev–Trinajstić information content (AvgIpc) is 2.26. The smallest absolute Gasteiger partial charge is 0.238 e. The molecule has 0 radical (unpaired) electrons. The maximum Gasteiger partial charge on any atom is 0.238 e. The van der Waals surface area contributed by atoms with Gasteiger partial charge in [0.15, 0.2) is 0 Å². The number of hydrogen-bond donors (Lipinski definition) is 0. The van der Waals surface area contributed by atoms with E-state index in [-0.39, 0.29) is 11.8 Å². The third-order valence-electron chi connectivity index (χ3n) is 1.78. The van der Waals surface area contributed by atoms with Crippen molar-refractivity contribution in [3.8, 4) is 0 Å². The Kier molecular flexibility index (Phi) is 3.21.